The lowest BCUT2D eigenvalue weighted by atomic mass is 10.1. The number of nitrogens with zero attached hydrogens (tertiary/aromatic N) is 1. The molecule has 3 N–H and O–H groups in total. The maximum atomic E-state index is 11.9. The average Bonchev–Trinajstić information content (AvgIpc) is 2.45. The molecule has 9 heteroatoms. The topological polar surface area (TPSA) is 139 Å². The van der Waals surface area contributed by atoms with E-state index >= 15 is 0 Å². The van der Waals surface area contributed by atoms with Crippen LogP contribution in [0.25, 0.3) is 0 Å². The van der Waals surface area contributed by atoms with Gasteiger partial charge in [-0.15, -0.1) is 0 Å². The van der Waals surface area contributed by atoms with Crippen LogP contribution in [0.15, 0.2) is 18.2 Å². The molecule has 9 nitrogen and oxygen atoms in total. The number of carboxylic acids is 1. The zero-order valence-corrected chi connectivity index (χ0v) is 11.1. The lowest BCUT2D eigenvalue weighted by molar-refractivity contribution is -0.384. The van der Waals surface area contributed by atoms with Gasteiger partial charge in [0.05, 0.1) is 17.6 Å². The van der Waals surface area contributed by atoms with Crippen molar-refractivity contribution in [2.75, 3.05) is 13.7 Å². The third-order valence-corrected chi connectivity index (χ3v) is 2.63. The second-order valence-electron chi connectivity index (χ2n) is 4.04. The summed E-state index contributed by atoms with van der Waals surface area (Å²) >= 11 is 0. The molecule has 1 rings (SSSR count). The van der Waals surface area contributed by atoms with Crippen LogP contribution in [0, 0.1) is 10.1 Å². The van der Waals surface area contributed by atoms with Crippen molar-refractivity contribution in [3.8, 4) is 5.75 Å². The molecule has 0 bridgehead atoms. The minimum atomic E-state index is -1.59. The average molecular weight is 298 g/mol. The summed E-state index contributed by atoms with van der Waals surface area (Å²) in [6, 6.07) is 3.55. The van der Waals surface area contributed by atoms with Gasteiger partial charge in [-0.3, -0.25) is 14.9 Å². The number of carboxylic acid groups (broad SMARTS) is 1. The number of carbonyl (C=O) groups is 2. The van der Waals surface area contributed by atoms with E-state index in [2.05, 4.69) is 5.32 Å². The van der Waals surface area contributed by atoms with Gasteiger partial charge < -0.3 is 20.3 Å². The van der Waals surface area contributed by atoms with E-state index < -0.39 is 22.9 Å². The van der Waals surface area contributed by atoms with Gasteiger partial charge in [0.25, 0.3) is 11.6 Å². The molecule has 0 spiro atoms. The number of hydrogen-bond acceptors (Lipinski definition) is 6. The fourth-order valence-electron chi connectivity index (χ4n) is 1.53. The van der Waals surface area contributed by atoms with Crippen molar-refractivity contribution in [1.82, 2.24) is 5.32 Å². The lowest BCUT2D eigenvalue weighted by Crippen LogP contribution is -2.30. The largest absolute Gasteiger partial charge is 0.496 e. The van der Waals surface area contributed by atoms with Crippen LogP contribution in [-0.4, -0.2) is 46.8 Å². The van der Waals surface area contributed by atoms with Crippen molar-refractivity contribution in [2.45, 2.75) is 12.5 Å². The highest BCUT2D eigenvalue weighted by Crippen LogP contribution is 2.23. The van der Waals surface area contributed by atoms with Gasteiger partial charge in [0.1, 0.15) is 5.75 Å². The number of nitro benzene ring substituents is 1. The molecule has 0 aliphatic rings. The molecule has 0 aliphatic heterocycles. The summed E-state index contributed by atoms with van der Waals surface area (Å²) in [5.41, 5.74) is -0.317. The van der Waals surface area contributed by atoms with Gasteiger partial charge in [0, 0.05) is 25.1 Å². The Morgan fingerprint density at radius 2 is 2.14 bits per heavy atom. The zero-order valence-electron chi connectivity index (χ0n) is 11.1. The van der Waals surface area contributed by atoms with Crippen molar-refractivity contribution in [3.63, 3.8) is 0 Å². The first-order valence-electron chi connectivity index (χ1n) is 5.88. The van der Waals surface area contributed by atoms with Crippen molar-refractivity contribution in [3.05, 3.63) is 33.9 Å². The number of methoxy groups -OCH3 is 1. The Balaban J connectivity index is 2.78. The van der Waals surface area contributed by atoms with Gasteiger partial charge in [-0.2, -0.15) is 0 Å². The zero-order chi connectivity index (χ0) is 16.0. The molecule has 21 heavy (non-hydrogen) atoms. The van der Waals surface area contributed by atoms with Gasteiger partial charge in [0.15, 0.2) is 6.10 Å². The van der Waals surface area contributed by atoms with Crippen LogP contribution in [-0.2, 0) is 4.79 Å². The highest BCUT2D eigenvalue weighted by atomic mass is 16.6. The summed E-state index contributed by atoms with van der Waals surface area (Å²) in [4.78, 5) is 32.4. The van der Waals surface area contributed by atoms with E-state index in [1.54, 1.807) is 0 Å². The standard InChI is InChI=1S/C12H14N2O7/c1-21-10-3-2-7(14(19)20)6-8(10)11(16)13-5-4-9(15)12(17)18/h2-3,6,9,15H,4-5H2,1H3,(H,13,16)(H,17,18)/t9-/m0/s1. The monoisotopic (exact) mass is 298 g/mol. The molecule has 1 aromatic rings. The van der Waals surface area contributed by atoms with Crippen LogP contribution >= 0.6 is 0 Å². The molecule has 0 aromatic heterocycles. The number of aliphatic hydroxyl groups is 1. The minimum absolute atomic E-state index is 0.0449. The summed E-state index contributed by atoms with van der Waals surface area (Å²) in [6.45, 7) is -0.0991. The quantitative estimate of drug-likeness (QED) is 0.481. The molecule has 0 saturated carbocycles. The normalized spacial score (nSPS) is 11.5. The van der Waals surface area contributed by atoms with Crippen LogP contribution < -0.4 is 10.1 Å². The van der Waals surface area contributed by atoms with Crippen LogP contribution in [0.2, 0.25) is 0 Å². The maximum Gasteiger partial charge on any atom is 0.332 e. The first-order chi connectivity index (χ1) is 9.86. The summed E-state index contributed by atoms with van der Waals surface area (Å²) in [6.07, 6.45) is -1.77. The number of hydrogen-bond donors (Lipinski definition) is 3. The molecule has 0 fully saturated rings. The lowest BCUT2D eigenvalue weighted by Gasteiger charge is -2.10. The maximum absolute atomic E-state index is 11.9. The number of amides is 1. The Hall–Kier alpha value is -2.68. The van der Waals surface area contributed by atoms with Crippen molar-refractivity contribution < 1.29 is 29.5 Å². The van der Waals surface area contributed by atoms with Crippen molar-refractivity contribution in [1.29, 1.82) is 0 Å². The fraction of sp³-hybridized carbons (Fsp3) is 0.333. The molecule has 1 aromatic carbocycles. The Bertz CT molecular complexity index is 559. The molecule has 0 aliphatic carbocycles. The van der Waals surface area contributed by atoms with E-state index in [0.717, 1.165) is 6.07 Å². The van der Waals surface area contributed by atoms with E-state index in [1.165, 1.54) is 19.2 Å². The molecule has 0 radical (unpaired) electrons. The number of non-ortho nitro benzene ring substituents is 1. The molecule has 1 atom stereocenters. The number of carbonyl (C=O) groups excluding carboxylic acids is 1. The van der Waals surface area contributed by atoms with Crippen LogP contribution in [0.3, 0.4) is 0 Å². The number of aliphatic carboxylic acids is 1. The van der Waals surface area contributed by atoms with Gasteiger partial charge in [-0.25, -0.2) is 4.79 Å². The highest BCUT2D eigenvalue weighted by molar-refractivity contribution is 5.97. The van der Waals surface area contributed by atoms with Gasteiger partial charge in [0.2, 0.25) is 0 Å². The fourth-order valence-corrected chi connectivity index (χ4v) is 1.53. The predicted molar refractivity (Wildman–Crippen MR) is 70.2 cm³/mol. The Morgan fingerprint density at radius 3 is 2.67 bits per heavy atom. The van der Waals surface area contributed by atoms with Crippen LogP contribution in [0.1, 0.15) is 16.8 Å². The SMILES string of the molecule is COc1ccc([N+](=O)[O-])cc1C(=O)NCC[C@H](O)C(=O)O. The van der Waals surface area contributed by atoms with Crippen molar-refractivity contribution >= 4 is 17.6 Å². The highest BCUT2D eigenvalue weighted by Gasteiger charge is 2.18. The Kier molecular flexibility index (Phi) is 5.61. The number of ether oxygens (including phenoxy) is 1. The minimum Gasteiger partial charge on any atom is -0.496 e. The van der Waals surface area contributed by atoms with E-state index in [1.807, 2.05) is 0 Å². The molecule has 0 unspecified atom stereocenters. The number of rotatable bonds is 7. The van der Waals surface area contributed by atoms with Gasteiger partial charge in [-0.05, 0) is 6.07 Å². The Morgan fingerprint density at radius 1 is 1.48 bits per heavy atom. The van der Waals surface area contributed by atoms with Crippen LogP contribution in [0.5, 0.6) is 5.75 Å². The van der Waals surface area contributed by atoms with E-state index in [9.17, 15) is 19.7 Å². The van der Waals surface area contributed by atoms with Crippen LogP contribution in [0.4, 0.5) is 5.69 Å². The van der Waals surface area contributed by atoms with Crippen molar-refractivity contribution in [2.24, 2.45) is 0 Å². The molecule has 0 heterocycles. The first kappa shape index (κ1) is 16.4. The molecular formula is C12H14N2O7. The summed E-state index contributed by atoms with van der Waals surface area (Å²) in [5, 5.41) is 30.6. The van der Waals surface area contributed by atoms with Gasteiger partial charge in [-0.1, -0.05) is 0 Å². The summed E-state index contributed by atoms with van der Waals surface area (Å²) in [5.74, 6) is -1.90. The van der Waals surface area contributed by atoms with Gasteiger partial charge >= 0.3 is 5.97 Å². The third kappa shape index (κ3) is 4.42. The molecule has 1 amide bonds. The molecular weight excluding hydrogens is 284 g/mol. The van der Waals surface area contributed by atoms with E-state index in [0.29, 0.717) is 0 Å². The first-order valence-corrected chi connectivity index (χ1v) is 5.88. The number of nitro groups is 1. The van der Waals surface area contributed by atoms with E-state index in [-0.39, 0.29) is 30.0 Å². The number of nitrogens with one attached hydrogen (secondary N) is 1. The third-order valence-electron chi connectivity index (χ3n) is 2.63. The van der Waals surface area contributed by atoms with E-state index in [4.69, 9.17) is 14.9 Å². The second-order valence-corrected chi connectivity index (χ2v) is 4.04. The molecule has 0 saturated heterocycles. The summed E-state index contributed by atoms with van der Waals surface area (Å²) < 4.78 is 4.94. The number of benzene rings is 1. The molecule has 114 valence electrons. The predicted octanol–water partition coefficient (Wildman–Crippen LogP) is 0.169. The summed E-state index contributed by atoms with van der Waals surface area (Å²) in [7, 11) is 1.31. The number of aliphatic hydroxyl groups excluding tert-OH is 1. The Labute approximate surface area is 119 Å². The smallest absolute Gasteiger partial charge is 0.332 e. The second kappa shape index (κ2) is 7.20.